The molecular formula is C11H12N8O2S2. The van der Waals surface area contributed by atoms with Crippen molar-refractivity contribution in [2.45, 2.75) is 19.0 Å². The van der Waals surface area contributed by atoms with Crippen LogP contribution in [0.2, 0.25) is 0 Å². The first kappa shape index (κ1) is 15.6. The van der Waals surface area contributed by atoms with Crippen molar-refractivity contribution < 1.29 is 9.21 Å². The summed E-state index contributed by atoms with van der Waals surface area (Å²) in [5.41, 5.74) is 0.819. The smallest absolute Gasteiger partial charge is 0.322 e. The molecule has 0 fully saturated rings. The molecule has 3 rings (SSSR count). The SMILES string of the molecule is Cc1nc(C)c(-c2nnc(NC(=O)CSc3nnnn3C)o2)s1. The summed E-state index contributed by atoms with van der Waals surface area (Å²) in [6.45, 7) is 3.77. The standard InChI is InChI=1S/C11H12N8O2S2/c1-5-8(23-6(2)12-5)9-14-15-10(21-9)13-7(20)4-22-11-16-17-18-19(11)3/h4H2,1-3H3,(H,13,15,20). The fraction of sp³-hybridized carbons (Fsp3) is 0.364. The van der Waals surface area contributed by atoms with Crippen LogP contribution < -0.4 is 5.32 Å². The van der Waals surface area contributed by atoms with Crippen LogP contribution in [0.15, 0.2) is 9.57 Å². The van der Waals surface area contributed by atoms with Crippen molar-refractivity contribution in [2.24, 2.45) is 7.05 Å². The molecule has 0 atom stereocenters. The molecule has 3 aromatic heterocycles. The van der Waals surface area contributed by atoms with E-state index in [1.165, 1.54) is 27.8 Å². The quantitative estimate of drug-likeness (QED) is 0.671. The van der Waals surface area contributed by atoms with Gasteiger partial charge in [-0.3, -0.25) is 10.1 Å². The van der Waals surface area contributed by atoms with E-state index >= 15 is 0 Å². The molecule has 3 aromatic rings. The van der Waals surface area contributed by atoms with Crippen LogP contribution in [-0.4, -0.2) is 47.0 Å². The lowest BCUT2D eigenvalue weighted by Crippen LogP contribution is -2.14. The van der Waals surface area contributed by atoms with Crippen molar-refractivity contribution in [3.63, 3.8) is 0 Å². The number of nitrogens with zero attached hydrogens (tertiary/aromatic N) is 7. The highest BCUT2D eigenvalue weighted by atomic mass is 32.2. The molecule has 0 unspecified atom stereocenters. The molecule has 3 heterocycles. The van der Waals surface area contributed by atoms with Gasteiger partial charge < -0.3 is 4.42 Å². The summed E-state index contributed by atoms with van der Waals surface area (Å²) in [4.78, 5) is 17.0. The molecule has 0 saturated carbocycles. The van der Waals surface area contributed by atoms with Crippen LogP contribution in [0.25, 0.3) is 10.8 Å². The summed E-state index contributed by atoms with van der Waals surface area (Å²) >= 11 is 2.67. The number of rotatable bonds is 5. The molecule has 0 aliphatic heterocycles. The van der Waals surface area contributed by atoms with Crippen LogP contribution >= 0.6 is 23.1 Å². The maximum absolute atomic E-state index is 11.9. The lowest BCUT2D eigenvalue weighted by atomic mass is 10.4. The zero-order valence-electron chi connectivity index (χ0n) is 12.5. The molecule has 23 heavy (non-hydrogen) atoms. The number of carbonyl (C=O) groups is 1. The third-order valence-corrected chi connectivity index (χ3v) is 4.75. The molecule has 0 aromatic carbocycles. The summed E-state index contributed by atoms with van der Waals surface area (Å²) in [6.07, 6.45) is 0. The van der Waals surface area contributed by atoms with Crippen LogP contribution in [-0.2, 0) is 11.8 Å². The number of tetrazole rings is 1. The lowest BCUT2D eigenvalue weighted by Gasteiger charge is -1.99. The predicted octanol–water partition coefficient (Wildman–Crippen LogP) is 1.06. The minimum atomic E-state index is -0.287. The number of amides is 1. The minimum Gasteiger partial charge on any atom is -0.402 e. The van der Waals surface area contributed by atoms with E-state index in [0.717, 1.165) is 15.6 Å². The summed E-state index contributed by atoms with van der Waals surface area (Å²) in [5, 5.41) is 22.7. The van der Waals surface area contributed by atoms with Crippen molar-refractivity contribution in [3.05, 3.63) is 10.7 Å². The number of thiazole rings is 1. The Morgan fingerprint density at radius 2 is 2.17 bits per heavy atom. The largest absolute Gasteiger partial charge is 0.402 e. The summed E-state index contributed by atoms with van der Waals surface area (Å²) < 4.78 is 6.94. The monoisotopic (exact) mass is 352 g/mol. The highest BCUT2D eigenvalue weighted by molar-refractivity contribution is 7.99. The van der Waals surface area contributed by atoms with Crippen molar-refractivity contribution in [2.75, 3.05) is 11.1 Å². The number of thioether (sulfide) groups is 1. The minimum absolute atomic E-state index is 0.0483. The van der Waals surface area contributed by atoms with Gasteiger partial charge in [0.1, 0.15) is 4.88 Å². The van der Waals surface area contributed by atoms with Crippen LogP contribution in [0.4, 0.5) is 6.01 Å². The summed E-state index contributed by atoms with van der Waals surface area (Å²) in [7, 11) is 1.70. The van der Waals surface area contributed by atoms with Gasteiger partial charge in [-0.25, -0.2) is 9.67 Å². The van der Waals surface area contributed by atoms with Gasteiger partial charge in [-0.1, -0.05) is 16.9 Å². The first-order valence-corrected chi connectivity index (χ1v) is 8.26. The van der Waals surface area contributed by atoms with E-state index in [4.69, 9.17) is 4.42 Å². The second-order valence-corrected chi connectivity index (χ2v) is 6.63. The average Bonchev–Trinajstić information content (AvgIpc) is 3.18. The van der Waals surface area contributed by atoms with Crippen LogP contribution in [0.5, 0.6) is 0 Å². The van der Waals surface area contributed by atoms with Gasteiger partial charge in [-0.15, -0.1) is 21.5 Å². The highest BCUT2D eigenvalue weighted by Gasteiger charge is 2.16. The number of carbonyl (C=O) groups excluding carboxylic acids is 1. The van der Waals surface area contributed by atoms with Gasteiger partial charge in [0.05, 0.1) is 16.5 Å². The third kappa shape index (κ3) is 3.53. The van der Waals surface area contributed by atoms with E-state index in [-0.39, 0.29) is 17.7 Å². The molecule has 10 nitrogen and oxygen atoms in total. The number of nitrogens with one attached hydrogen (secondary N) is 1. The Morgan fingerprint density at radius 3 is 2.83 bits per heavy atom. The third-order valence-electron chi connectivity index (χ3n) is 2.68. The van der Waals surface area contributed by atoms with Gasteiger partial charge in [-0.05, 0) is 24.3 Å². The molecule has 0 saturated heterocycles. The molecule has 1 amide bonds. The lowest BCUT2D eigenvalue weighted by molar-refractivity contribution is -0.113. The normalized spacial score (nSPS) is 10.9. The maximum Gasteiger partial charge on any atom is 0.322 e. The Morgan fingerprint density at radius 1 is 1.35 bits per heavy atom. The van der Waals surface area contributed by atoms with E-state index < -0.39 is 0 Å². The Bertz CT molecular complexity index is 839. The number of aryl methyl sites for hydroxylation is 3. The van der Waals surface area contributed by atoms with Crippen LogP contribution in [0, 0.1) is 13.8 Å². The van der Waals surface area contributed by atoms with Gasteiger partial charge in [0, 0.05) is 7.05 Å². The first-order chi connectivity index (χ1) is 11.0. The first-order valence-electron chi connectivity index (χ1n) is 6.46. The molecule has 0 aliphatic rings. The zero-order chi connectivity index (χ0) is 16.4. The number of hydrogen-bond donors (Lipinski definition) is 1. The van der Waals surface area contributed by atoms with Crippen molar-refractivity contribution in [3.8, 4) is 10.8 Å². The Labute approximate surface area is 138 Å². The van der Waals surface area contributed by atoms with Crippen molar-refractivity contribution in [1.29, 1.82) is 0 Å². The van der Waals surface area contributed by atoms with Gasteiger partial charge in [0.25, 0.3) is 5.89 Å². The Balaban J connectivity index is 1.61. The van der Waals surface area contributed by atoms with Crippen LogP contribution in [0.3, 0.4) is 0 Å². The summed E-state index contributed by atoms with van der Waals surface area (Å²) in [6, 6.07) is 0.0483. The second-order valence-electron chi connectivity index (χ2n) is 4.48. The molecule has 0 spiro atoms. The number of hydrogen-bond acceptors (Lipinski definition) is 10. The second kappa shape index (κ2) is 6.42. The van der Waals surface area contributed by atoms with E-state index in [1.54, 1.807) is 7.05 Å². The number of anilines is 1. The maximum atomic E-state index is 11.9. The van der Waals surface area contributed by atoms with Crippen molar-refractivity contribution in [1.82, 2.24) is 35.4 Å². The Hall–Kier alpha value is -2.34. The van der Waals surface area contributed by atoms with Crippen LogP contribution in [0.1, 0.15) is 10.7 Å². The predicted molar refractivity (Wildman–Crippen MR) is 83.0 cm³/mol. The highest BCUT2D eigenvalue weighted by Crippen LogP contribution is 2.29. The van der Waals surface area contributed by atoms with E-state index in [2.05, 4.69) is 36.0 Å². The molecule has 12 heteroatoms. The molecule has 120 valence electrons. The van der Waals surface area contributed by atoms with E-state index in [0.29, 0.717) is 11.0 Å². The summed E-state index contributed by atoms with van der Waals surface area (Å²) in [5.74, 6) is 0.184. The fourth-order valence-corrected chi connectivity index (χ4v) is 3.22. The van der Waals surface area contributed by atoms with Gasteiger partial charge in [-0.2, -0.15) is 0 Å². The molecule has 0 aliphatic carbocycles. The topological polar surface area (TPSA) is 125 Å². The van der Waals surface area contributed by atoms with E-state index in [1.807, 2.05) is 13.8 Å². The molecule has 0 bridgehead atoms. The van der Waals surface area contributed by atoms with E-state index in [9.17, 15) is 4.79 Å². The average molecular weight is 352 g/mol. The zero-order valence-corrected chi connectivity index (χ0v) is 14.1. The Kier molecular flexibility index (Phi) is 4.34. The van der Waals surface area contributed by atoms with Crippen molar-refractivity contribution >= 4 is 35.0 Å². The molecule has 1 N–H and O–H groups in total. The fourth-order valence-electron chi connectivity index (χ4n) is 1.72. The molecule has 0 radical (unpaired) electrons. The van der Waals surface area contributed by atoms with Gasteiger partial charge >= 0.3 is 6.01 Å². The van der Waals surface area contributed by atoms with Gasteiger partial charge in [0.2, 0.25) is 11.1 Å². The molecular weight excluding hydrogens is 340 g/mol. The van der Waals surface area contributed by atoms with Gasteiger partial charge in [0.15, 0.2) is 0 Å². The number of aromatic nitrogens is 7.